The Labute approximate surface area is 80.2 Å². The number of esters is 1. The van der Waals surface area contributed by atoms with Crippen LogP contribution in [0.3, 0.4) is 0 Å². The van der Waals surface area contributed by atoms with Gasteiger partial charge in [-0.2, -0.15) is 0 Å². The summed E-state index contributed by atoms with van der Waals surface area (Å²) in [5.41, 5.74) is 0. The van der Waals surface area contributed by atoms with Crippen LogP contribution in [0.25, 0.3) is 0 Å². The molecule has 84 valence electrons. The highest BCUT2D eigenvalue weighted by Gasteiger charge is 2.34. The van der Waals surface area contributed by atoms with Crippen molar-refractivity contribution >= 4 is 5.97 Å². The lowest BCUT2D eigenvalue weighted by molar-refractivity contribution is -0.167. The smallest absolute Gasteiger partial charge is 0.337 e. The first kappa shape index (κ1) is 13.3. The molecule has 7 heteroatoms. The molecular formula is C7H14O7. The van der Waals surface area contributed by atoms with Gasteiger partial charge < -0.3 is 30.3 Å². The van der Waals surface area contributed by atoms with Crippen LogP contribution < -0.4 is 0 Å². The van der Waals surface area contributed by atoms with Crippen LogP contribution in [-0.2, 0) is 9.53 Å². The van der Waals surface area contributed by atoms with Crippen molar-refractivity contribution in [2.75, 3.05) is 13.7 Å². The van der Waals surface area contributed by atoms with Crippen molar-refractivity contribution in [3.63, 3.8) is 0 Å². The average Bonchev–Trinajstić information content (AvgIpc) is 2.23. The van der Waals surface area contributed by atoms with Gasteiger partial charge in [-0.1, -0.05) is 0 Å². The van der Waals surface area contributed by atoms with Crippen LogP contribution >= 0.6 is 0 Å². The molecule has 0 heterocycles. The molecule has 0 aliphatic carbocycles. The van der Waals surface area contributed by atoms with Crippen LogP contribution in [-0.4, -0.2) is 69.6 Å². The Morgan fingerprint density at radius 1 is 1.21 bits per heavy atom. The second-order valence-electron chi connectivity index (χ2n) is 2.70. The standard InChI is InChI=1S/C7H14O7/c1-14-7(13)6(12)5(11)4(10)3(9)2-8/h3-6,8-12H,2H2,1H3/t3-,4+,5+,6+/m1/s1. The predicted octanol–water partition coefficient (Wildman–Crippen LogP) is -3.40. The second-order valence-corrected chi connectivity index (χ2v) is 2.70. The van der Waals surface area contributed by atoms with Gasteiger partial charge in [-0.05, 0) is 0 Å². The molecule has 14 heavy (non-hydrogen) atoms. The SMILES string of the molecule is COC(=O)[C@@H](O)[C@@H](O)[C@@H](O)[C@H](O)CO. The fraction of sp³-hybridized carbons (Fsp3) is 0.857. The topological polar surface area (TPSA) is 127 Å². The van der Waals surface area contributed by atoms with Crippen molar-refractivity contribution in [1.29, 1.82) is 0 Å². The fourth-order valence-corrected chi connectivity index (χ4v) is 0.783. The predicted molar refractivity (Wildman–Crippen MR) is 43.1 cm³/mol. The number of rotatable bonds is 5. The van der Waals surface area contributed by atoms with Crippen LogP contribution in [0.4, 0.5) is 0 Å². The first-order valence-electron chi connectivity index (χ1n) is 3.86. The number of carbonyl (C=O) groups is 1. The number of hydrogen-bond donors (Lipinski definition) is 5. The molecule has 0 aromatic carbocycles. The van der Waals surface area contributed by atoms with Crippen LogP contribution in [0.5, 0.6) is 0 Å². The van der Waals surface area contributed by atoms with Gasteiger partial charge in [0.15, 0.2) is 6.10 Å². The Kier molecular flexibility index (Phi) is 5.58. The molecule has 0 aromatic heterocycles. The zero-order chi connectivity index (χ0) is 11.3. The maximum absolute atomic E-state index is 10.7. The van der Waals surface area contributed by atoms with Gasteiger partial charge in [0.05, 0.1) is 13.7 Å². The van der Waals surface area contributed by atoms with Gasteiger partial charge in [0.2, 0.25) is 0 Å². The Bertz CT molecular complexity index is 183. The Balaban J connectivity index is 4.30. The van der Waals surface area contributed by atoms with Gasteiger partial charge in [0.25, 0.3) is 0 Å². The van der Waals surface area contributed by atoms with E-state index in [2.05, 4.69) is 4.74 Å². The van der Waals surface area contributed by atoms with Crippen LogP contribution in [0.15, 0.2) is 0 Å². The minimum atomic E-state index is -1.96. The Morgan fingerprint density at radius 3 is 2.07 bits per heavy atom. The van der Waals surface area contributed by atoms with E-state index in [1.54, 1.807) is 0 Å². The Hall–Kier alpha value is -0.730. The van der Waals surface area contributed by atoms with E-state index < -0.39 is 37.0 Å². The van der Waals surface area contributed by atoms with Gasteiger partial charge in [0, 0.05) is 0 Å². The maximum atomic E-state index is 10.7. The summed E-state index contributed by atoms with van der Waals surface area (Å²) in [6, 6.07) is 0. The molecule has 0 unspecified atom stereocenters. The second kappa shape index (κ2) is 5.89. The fourth-order valence-electron chi connectivity index (χ4n) is 0.783. The molecule has 0 spiro atoms. The van der Waals surface area contributed by atoms with E-state index in [-0.39, 0.29) is 0 Å². The number of methoxy groups -OCH3 is 1. The summed E-state index contributed by atoms with van der Waals surface area (Å²) in [4.78, 5) is 10.7. The number of aliphatic hydroxyl groups is 5. The lowest BCUT2D eigenvalue weighted by Gasteiger charge is -2.23. The molecule has 4 atom stereocenters. The summed E-state index contributed by atoms with van der Waals surface area (Å²) < 4.78 is 4.09. The maximum Gasteiger partial charge on any atom is 0.337 e. The minimum Gasteiger partial charge on any atom is -0.467 e. The first-order valence-corrected chi connectivity index (χ1v) is 3.86. The lowest BCUT2D eigenvalue weighted by Crippen LogP contribution is -2.48. The highest BCUT2D eigenvalue weighted by atomic mass is 16.5. The summed E-state index contributed by atoms with van der Waals surface area (Å²) >= 11 is 0. The third-order valence-corrected chi connectivity index (χ3v) is 1.70. The van der Waals surface area contributed by atoms with E-state index in [4.69, 9.17) is 25.5 Å². The van der Waals surface area contributed by atoms with Crippen molar-refractivity contribution in [2.45, 2.75) is 24.4 Å². The molecule has 0 saturated heterocycles. The number of ether oxygens (including phenoxy) is 1. The average molecular weight is 210 g/mol. The number of hydrogen-bond acceptors (Lipinski definition) is 7. The van der Waals surface area contributed by atoms with E-state index in [9.17, 15) is 4.79 Å². The largest absolute Gasteiger partial charge is 0.467 e. The molecule has 0 aliphatic rings. The molecule has 0 aliphatic heterocycles. The molecule has 0 bridgehead atoms. The highest BCUT2D eigenvalue weighted by Crippen LogP contribution is 2.05. The van der Waals surface area contributed by atoms with Gasteiger partial charge in [-0.25, -0.2) is 4.79 Å². The van der Waals surface area contributed by atoms with Crippen molar-refractivity contribution in [3.05, 3.63) is 0 Å². The van der Waals surface area contributed by atoms with E-state index in [1.165, 1.54) is 0 Å². The third-order valence-electron chi connectivity index (χ3n) is 1.70. The van der Waals surface area contributed by atoms with Crippen LogP contribution in [0, 0.1) is 0 Å². The van der Waals surface area contributed by atoms with E-state index in [0.717, 1.165) is 7.11 Å². The molecule has 7 nitrogen and oxygen atoms in total. The molecular weight excluding hydrogens is 196 g/mol. The lowest BCUT2D eigenvalue weighted by atomic mass is 10.0. The van der Waals surface area contributed by atoms with Crippen LogP contribution in [0.1, 0.15) is 0 Å². The van der Waals surface area contributed by atoms with Gasteiger partial charge in [-0.3, -0.25) is 0 Å². The van der Waals surface area contributed by atoms with Crippen molar-refractivity contribution in [3.8, 4) is 0 Å². The molecule has 0 amide bonds. The van der Waals surface area contributed by atoms with Crippen LogP contribution in [0.2, 0.25) is 0 Å². The molecule has 0 rings (SSSR count). The zero-order valence-corrected chi connectivity index (χ0v) is 7.57. The zero-order valence-electron chi connectivity index (χ0n) is 7.57. The highest BCUT2D eigenvalue weighted by molar-refractivity contribution is 5.75. The molecule has 0 saturated carbocycles. The summed E-state index contributed by atoms with van der Waals surface area (Å²) in [5.74, 6) is -1.14. The monoisotopic (exact) mass is 210 g/mol. The van der Waals surface area contributed by atoms with E-state index in [0.29, 0.717) is 0 Å². The molecule has 0 radical (unpaired) electrons. The minimum absolute atomic E-state index is 0.799. The van der Waals surface area contributed by atoms with E-state index in [1.807, 2.05) is 0 Å². The summed E-state index contributed by atoms with van der Waals surface area (Å²) in [6.07, 6.45) is -7.33. The van der Waals surface area contributed by atoms with Gasteiger partial charge in [-0.15, -0.1) is 0 Å². The normalized spacial score (nSPS) is 19.6. The summed E-state index contributed by atoms with van der Waals surface area (Å²) in [5, 5.41) is 44.5. The summed E-state index contributed by atoms with van der Waals surface area (Å²) in [7, 11) is 0.993. The summed E-state index contributed by atoms with van der Waals surface area (Å²) in [6.45, 7) is -0.799. The van der Waals surface area contributed by atoms with Gasteiger partial charge >= 0.3 is 5.97 Å². The molecule has 0 fully saturated rings. The third kappa shape index (κ3) is 3.20. The number of carbonyl (C=O) groups excluding carboxylic acids is 1. The Morgan fingerprint density at radius 2 is 1.71 bits per heavy atom. The number of aliphatic hydroxyl groups excluding tert-OH is 5. The van der Waals surface area contributed by atoms with Crippen molar-refractivity contribution in [2.24, 2.45) is 0 Å². The van der Waals surface area contributed by atoms with Crippen molar-refractivity contribution < 1.29 is 35.1 Å². The molecule has 0 aromatic rings. The quantitative estimate of drug-likeness (QED) is 0.299. The van der Waals surface area contributed by atoms with Gasteiger partial charge in [0.1, 0.15) is 18.3 Å². The van der Waals surface area contributed by atoms with E-state index >= 15 is 0 Å². The van der Waals surface area contributed by atoms with Crippen molar-refractivity contribution in [1.82, 2.24) is 0 Å². The first-order chi connectivity index (χ1) is 6.45. The molecule has 5 N–H and O–H groups in total.